The molecule has 4 aromatic rings. The second kappa shape index (κ2) is 8.52. The maximum absolute atomic E-state index is 12.3. The molecule has 0 aliphatic heterocycles. The van der Waals surface area contributed by atoms with Crippen LogP contribution in [0.2, 0.25) is 0 Å². The van der Waals surface area contributed by atoms with Crippen LogP contribution in [0, 0.1) is 0 Å². The monoisotopic (exact) mass is 404 g/mol. The van der Waals surface area contributed by atoms with E-state index in [0.29, 0.717) is 29.2 Å². The predicted octanol–water partition coefficient (Wildman–Crippen LogP) is 3.53. The van der Waals surface area contributed by atoms with Gasteiger partial charge < -0.3 is 18.9 Å². The molecule has 0 radical (unpaired) electrons. The van der Waals surface area contributed by atoms with E-state index < -0.39 is 0 Å². The van der Waals surface area contributed by atoms with E-state index in [2.05, 4.69) is 20.5 Å². The number of fused-ring (bicyclic) bond motifs is 1. The van der Waals surface area contributed by atoms with Crippen molar-refractivity contribution in [1.29, 1.82) is 0 Å². The first-order valence-corrected chi connectivity index (χ1v) is 9.22. The van der Waals surface area contributed by atoms with Gasteiger partial charge in [-0.05, 0) is 48.0 Å². The summed E-state index contributed by atoms with van der Waals surface area (Å²) in [6.45, 7) is 0. The van der Waals surface area contributed by atoms with Crippen LogP contribution in [-0.2, 0) is 6.42 Å². The molecule has 0 saturated heterocycles. The van der Waals surface area contributed by atoms with Crippen molar-refractivity contribution in [2.24, 2.45) is 5.10 Å². The lowest BCUT2D eigenvalue weighted by atomic mass is 10.1. The minimum Gasteiger partial charge on any atom is -0.493 e. The number of benzene rings is 2. The fraction of sp³-hybridized carbons (Fsp3) is 0.136. The summed E-state index contributed by atoms with van der Waals surface area (Å²) in [6.07, 6.45) is 3.56. The molecule has 1 amide bonds. The number of carbonyl (C=O) groups is 1. The van der Waals surface area contributed by atoms with Gasteiger partial charge in [-0.3, -0.25) is 4.79 Å². The Morgan fingerprint density at radius 2 is 2.03 bits per heavy atom. The van der Waals surface area contributed by atoms with Gasteiger partial charge in [0.2, 0.25) is 0 Å². The Labute approximate surface area is 172 Å². The molecule has 0 bridgehead atoms. The van der Waals surface area contributed by atoms with Gasteiger partial charge in [-0.2, -0.15) is 5.10 Å². The molecule has 2 aromatic heterocycles. The van der Waals surface area contributed by atoms with E-state index >= 15 is 0 Å². The molecular weight excluding hydrogens is 384 g/mol. The molecule has 0 aliphatic carbocycles. The van der Waals surface area contributed by atoms with Crippen LogP contribution in [0.5, 0.6) is 11.5 Å². The lowest BCUT2D eigenvalue weighted by Gasteiger charge is -2.08. The van der Waals surface area contributed by atoms with Crippen LogP contribution in [-0.4, -0.2) is 36.3 Å². The van der Waals surface area contributed by atoms with E-state index in [-0.39, 0.29) is 5.91 Å². The minimum atomic E-state index is -0.323. The number of hydrogen-bond acceptors (Lipinski definition) is 6. The van der Waals surface area contributed by atoms with Gasteiger partial charge >= 0.3 is 0 Å². The van der Waals surface area contributed by atoms with Crippen LogP contribution in [0.1, 0.15) is 27.5 Å². The zero-order valence-corrected chi connectivity index (χ0v) is 16.5. The molecule has 8 nitrogen and oxygen atoms in total. The summed E-state index contributed by atoms with van der Waals surface area (Å²) in [5, 5.41) is 3.90. The SMILES string of the molecule is COc1ccc(Cc2nc3ccc(C(=O)N/N=C\c4ccco4)cc3[nH]2)cc1OC. The zero-order chi connectivity index (χ0) is 20.9. The largest absolute Gasteiger partial charge is 0.493 e. The van der Waals surface area contributed by atoms with Gasteiger partial charge in [0.1, 0.15) is 11.6 Å². The first-order chi connectivity index (χ1) is 14.7. The molecule has 2 heterocycles. The number of ether oxygens (including phenoxy) is 2. The highest BCUT2D eigenvalue weighted by Gasteiger charge is 2.11. The number of imidazole rings is 1. The number of carbonyl (C=O) groups excluding carboxylic acids is 1. The van der Waals surface area contributed by atoms with Gasteiger partial charge in [-0.25, -0.2) is 10.4 Å². The highest BCUT2D eigenvalue weighted by atomic mass is 16.5. The third kappa shape index (κ3) is 4.17. The zero-order valence-electron chi connectivity index (χ0n) is 16.5. The van der Waals surface area contributed by atoms with Gasteiger partial charge in [0.15, 0.2) is 11.5 Å². The normalized spacial score (nSPS) is 11.1. The summed E-state index contributed by atoms with van der Waals surface area (Å²) < 4.78 is 15.8. The van der Waals surface area contributed by atoms with Crippen LogP contribution in [0.15, 0.2) is 64.3 Å². The Hall–Kier alpha value is -4.07. The average molecular weight is 404 g/mol. The van der Waals surface area contributed by atoms with Crippen LogP contribution in [0.3, 0.4) is 0 Å². The first kappa shape index (κ1) is 19.3. The van der Waals surface area contributed by atoms with Gasteiger partial charge in [-0.15, -0.1) is 0 Å². The molecule has 2 aromatic carbocycles. The summed E-state index contributed by atoms with van der Waals surface area (Å²) in [4.78, 5) is 20.2. The van der Waals surface area contributed by atoms with E-state index in [9.17, 15) is 4.79 Å². The smallest absolute Gasteiger partial charge is 0.271 e. The predicted molar refractivity (Wildman–Crippen MR) is 112 cm³/mol. The standard InChI is InChI=1S/C22H20N4O4/c1-28-19-8-5-14(10-20(19)29-2)11-21-24-17-7-6-15(12-18(17)25-21)22(27)26-23-13-16-4-3-9-30-16/h3-10,12-13H,11H2,1-2H3,(H,24,25)(H,26,27)/b23-13-. The first-order valence-electron chi connectivity index (χ1n) is 9.22. The molecule has 0 saturated carbocycles. The minimum absolute atomic E-state index is 0.323. The molecule has 152 valence electrons. The van der Waals surface area contributed by atoms with Gasteiger partial charge in [0.25, 0.3) is 5.91 Å². The van der Waals surface area contributed by atoms with Crippen LogP contribution >= 0.6 is 0 Å². The number of rotatable bonds is 7. The summed E-state index contributed by atoms with van der Waals surface area (Å²) in [5.41, 5.74) is 5.53. The van der Waals surface area contributed by atoms with Crippen molar-refractivity contribution in [3.05, 3.63) is 77.5 Å². The van der Waals surface area contributed by atoms with Crippen molar-refractivity contribution in [3.63, 3.8) is 0 Å². The third-order valence-electron chi connectivity index (χ3n) is 4.51. The molecule has 0 unspecified atom stereocenters. The van der Waals surface area contributed by atoms with E-state index in [1.54, 1.807) is 44.6 Å². The van der Waals surface area contributed by atoms with E-state index in [4.69, 9.17) is 13.9 Å². The maximum atomic E-state index is 12.3. The Balaban J connectivity index is 1.49. The number of aromatic amines is 1. The fourth-order valence-electron chi connectivity index (χ4n) is 3.06. The number of nitrogens with zero attached hydrogens (tertiary/aromatic N) is 2. The number of nitrogens with one attached hydrogen (secondary N) is 2. The van der Waals surface area contributed by atoms with E-state index in [1.807, 2.05) is 18.2 Å². The summed E-state index contributed by atoms with van der Waals surface area (Å²) in [6, 6.07) is 14.5. The number of aromatic nitrogens is 2. The molecule has 0 spiro atoms. The molecule has 8 heteroatoms. The number of hydrazone groups is 1. The quantitative estimate of drug-likeness (QED) is 0.362. The number of furan rings is 1. The number of amides is 1. The number of methoxy groups -OCH3 is 2. The Morgan fingerprint density at radius 1 is 1.17 bits per heavy atom. The van der Waals surface area contributed by atoms with E-state index in [0.717, 1.165) is 22.4 Å². The summed E-state index contributed by atoms with van der Waals surface area (Å²) in [5.74, 6) is 2.36. The van der Waals surface area contributed by atoms with Crippen LogP contribution < -0.4 is 14.9 Å². The third-order valence-corrected chi connectivity index (χ3v) is 4.51. The maximum Gasteiger partial charge on any atom is 0.271 e. The summed E-state index contributed by atoms with van der Waals surface area (Å²) >= 11 is 0. The van der Waals surface area contributed by atoms with Gasteiger partial charge in [0, 0.05) is 12.0 Å². The molecule has 30 heavy (non-hydrogen) atoms. The van der Waals surface area contributed by atoms with Crippen molar-refractivity contribution in [1.82, 2.24) is 15.4 Å². The molecule has 2 N–H and O–H groups in total. The highest BCUT2D eigenvalue weighted by Crippen LogP contribution is 2.28. The van der Waals surface area contributed by atoms with Crippen molar-refractivity contribution >= 4 is 23.2 Å². The molecular formula is C22H20N4O4. The lowest BCUT2D eigenvalue weighted by Crippen LogP contribution is -2.17. The highest BCUT2D eigenvalue weighted by molar-refractivity contribution is 5.97. The van der Waals surface area contributed by atoms with Crippen LogP contribution in [0.25, 0.3) is 11.0 Å². The molecule has 4 rings (SSSR count). The van der Waals surface area contributed by atoms with E-state index in [1.165, 1.54) is 12.5 Å². The molecule has 0 aliphatic rings. The molecule has 0 fully saturated rings. The summed E-state index contributed by atoms with van der Waals surface area (Å²) in [7, 11) is 3.21. The van der Waals surface area contributed by atoms with Gasteiger partial charge in [0.05, 0.1) is 37.7 Å². The van der Waals surface area contributed by atoms with Crippen molar-refractivity contribution < 1.29 is 18.7 Å². The Morgan fingerprint density at radius 3 is 2.80 bits per heavy atom. The van der Waals surface area contributed by atoms with Crippen molar-refractivity contribution in [3.8, 4) is 11.5 Å². The Bertz CT molecular complexity index is 1200. The number of hydrogen-bond donors (Lipinski definition) is 2. The average Bonchev–Trinajstić information content (AvgIpc) is 3.42. The second-order valence-electron chi connectivity index (χ2n) is 6.50. The van der Waals surface area contributed by atoms with Crippen molar-refractivity contribution in [2.45, 2.75) is 6.42 Å². The van der Waals surface area contributed by atoms with Crippen LogP contribution in [0.4, 0.5) is 0 Å². The number of H-pyrrole nitrogens is 1. The van der Waals surface area contributed by atoms with Gasteiger partial charge in [-0.1, -0.05) is 6.07 Å². The lowest BCUT2D eigenvalue weighted by molar-refractivity contribution is 0.0955. The fourth-order valence-corrected chi connectivity index (χ4v) is 3.06. The van der Waals surface area contributed by atoms with Crippen molar-refractivity contribution in [2.75, 3.05) is 14.2 Å². The second-order valence-corrected chi connectivity index (χ2v) is 6.50. The Kier molecular flexibility index (Phi) is 5.47. The molecule has 0 atom stereocenters. The topological polar surface area (TPSA) is 102 Å².